The van der Waals surface area contributed by atoms with E-state index in [-0.39, 0.29) is 46.6 Å². The summed E-state index contributed by atoms with van der Waals surface area (Å²) in [6, 6.07) is 0. The van der Waals surface area contributed by atoms with Gasteiger partial charge in [-0.05, 0) is 67.1 Å². The van der Waals surface area contributed by atoms with Gasteiger partial charge in [0.25, 0.3) is 0 Å². The first-order valence-corrected chi connectivity index (χ1v) is 11.6. The first-order chi connectivity index (χ1) is 14.7. The van der Waals surface area contributed by atoms with Crippen LogP contribution >= 0.6 is 0 Å². The Morgan fingerprint density at radius 2 is 2.00 bits per heavy atom. The number of Topliss-reactive ketones (excluding diaryl/α,β-unsaturated/α-hetero) is 1. The summed E-state index contributed by atoms with van der Waals surface area (Å²) in [6.45, 7) is 5.57. The van der Waals surface area contributed by atoms with Crippen LogP contribution in [-0.2, 0) is 19.1 Å². The zero-order valence-electron chi connectivity index (χ0n) is 18.7. The number of carbonyl (C=O) groups excluding carboxylic acids is 3. The second-order valence-electron chi connectivity index (χ2n) is 10.4. The lowest BCUT2D eigenvalue weighted by Crippen LogP contribution is -2.59. The molecule has 0 bridgehead atoms. The van der Waals surface area contributed by atoms with Crippen molar-refractivity contribution in [2.24, 2.45) is 34.5 Å². The number of carbonyl (C=O) groups is 3. The molecule has 0 aromatic rings. The molecular weight excluding hydrogens is 396 g/mol. The van der Waals surface area contributed by atoms with Crippen LogP contribution in [0.25, 0.3) is 0 Å². The monoisotopic (exact) mass is 430 g/mol. The molecule has 2 N–H and O–H groups in total. The number of hydrogen-bond acceptors (Lipinski definition) is 6. The van der Waals surface area contributed by atoms with E-state index in [1.165, 1.54) is 0 Å². The Morgan fingerprint density at radius 3 is 2.68 bits per heavy atom. The minimum Gasteiger partial charge on any atom is -0.458 e. The number of ketones is 2. The quantitative estimate of drug-likeness (QED) is 0.651. The van der Waals surface area contributed by atoms with E-state index in [2.05, 4.69) is 6.92 Å². The SMILES string of the molecule is CCCC(=O)OC1C[C@H]2[C@@H]3CC[C@H](C(=O)CO)[C@@]3(C)CC(O)[C@@H]2[C@@]2(C)C=CC(=O)C=C12. The summed E-state index contributed by atoms with van der Waals surface area (Å²) in [4.78, 5) is 37.1. The Hall–Kier alpha value is -1.79. The molecule has 4 aliphatic rings. The number of ether oxygens (including phenoxy) is 1. The summed E-state index contributed by atoms with van der Waals surface area (Å²) in [5, 5.41) is 20.9. The van der Waals surface area contributed by atoms with Gasteiger partial charge < -0.3 is 14.9 Å². The van der Waals surface area contributed by atoms with Gasteiger partial charge in [-0.2, -0.15) is 0 Å². The molecule has 4 rings (SSSR count). The first-order valence-electron chi connectivity index (χ1n) is 11.6. The molecular formula is C25H34O6. The minimum absolute atomic E-state index is 0.0599. The molecule has 0 heterocycles. The Kier molecular flexibility index (Phi) is 5.76. The summed E-state index contributed by atoms with van der Waals surface area (Å²) < 4.78 is 5.89. The Morgan fingerprint density at radius 1 is 1.26 bits per heavy atom. The van der Waals surface area contributed by atoms with Crippen LogP contribution in [0.3, 0.4) is 0 Å². The molecule has 4 aliphatic carbocycles. The molecule has 0 amide bonds. The molecule has 0 aromatic heterocycles. The van der Waals surface area contributed by atoms with Gasteiger partial charge in [-0.15, -0.1) is 0 Å². The van der Waals surface area contributed by atoms with E-state index in [9.17, 15) is 24.6 Å². The lowest BCUT2D eigenvalue weighted by Gasteiger charge is -2.59. The van der Waals surface area contributed by atoms with Crippen molar-refractivity contribution in [2.75, 3.05) is 6.61 Å². The van der Waals surface area contributed by atoms with Gasteiger partial charge >= 0.3 is 5.97 Å². The van der Waals surface area contributed by atoms with Crippen LogP contribution in [0.4, 0.5) is 0 Å². The Bertz CT molecular complexity index is 843. The third-order valence-corrected chi connectivity index (χ3v) is 8.76. The predicted octanol–water partition coefficient (Wildman–Crippen LogP) is 2.76. The van der Waals surface area contributed by atoms with Crippen molar-refractivity contribution in [3.8, 4) is 0 Å². The van der Waals surface area contributed by atoms with E-state index in [0.717, 1.165) is 12.0 Å². The van der Waals surface area contributed by atoms with Crippen molar-refractivity contribution in [1.82, 2.24) is 0 Å². The number of allylic oxidation sites excluding steroid dienone is 3. The van der Waals surface area contributed by atoms with Gasteiger partial charge in [-0.3, -0.25) is 14.4 Å². The van der Waals surface area contributed by atoms with Crippen LogP contribution in [0.15, 0.2) is 23.8 Å². The third kappa shape index (κ3) is 3.43. The van der Waals surface area contributed by atoms with Gasteiger partial charge in [0.15, 0.2) is 11.6 Å². The molecule has 0 aliphatic heterocycles. The number of hydrogen-bond donors (Lipinski definition) is 2. The van der Waals surface area contributed by atoms with E-state index in [0.29, 0.717) is 32.1 Å². The van der Waals surface area contributed by atoms with Crippen molar-refractivity contribution in [3.63, 3.8) is 0 Å². The second kappa shape index (κ2) is 7.96. The molecule has 31 heavy (non-hydrogen) atoms. The standard InChI is InChI=1S/C25H34O6/c1-4-5-22(30)31-21-11-15-16-6-7-17(20(29)13-26)25(16,3)12-19(28)23(15)24(2)9-8-14(27)10-18(21)24/h8-10,15-17,19,21,23,26,28H,4-7,11-13H2,1-3H3/t15-,16-,17+,19?,21?,23+,24-,25-/m0/s1. The maximum Gasteiger partial charge on any atom is 0.306 e. The van der Waals surface area contributed by atoms with E-state index in [1.807, 2.05) is 19.9 Å². The van der Waals surface area contributed by atoms with Crippen molar-refractivity contribution in [2.45, 2.75) is 71.5 Å². The molecule has 0 saturated heterocycles. The van der Waals surface area contributed by atoms with Crippen molar-refractivity contribution < 1.29 is 29.3 Å². The maximum absolute atomic E-state index is 12.5. The summed E-state index contributed by atoms with van der Waals surface area (Å²) in [5.74, 6) is -0.643. The van der Waals surface area contributed by atoms with E-state index >= 15 is 0 Å². The van der Waals surface area contributed by atoms with Gasteiger partial charge in [-0.1, -0.05) is 26.8 Å². The van der Waals surface area contributed by atoms with Gasteiger partial charge in [0.05, 0.1) is 6.10 Å². The molecule has 0 spiro atoms. The van der Waals surface area contributed by atoms with Crippen LogP contribution in [0.2, 0.25) is 0 Å². The highest BCUT2D eigenvalue weighted by atomic mass is 16.5. The highest BCUT2D eigenvalue weighted by Gasteiger charge is 2.64. The van der Waals surface area contributed by atoms with Gasteiger partial charge in [0.1, 0.15) is 12.7 Å². The lowest BCUT2D eigenvalue weighted by atomic mass is 9.46. The van der Waals surface area contributed by atoms with Crippen LogP contribution < -0.4 is 0 Å². The number of rotatable bonds is 5. The fourth-order valence-electron chi connectivity index (χ4n) is 7.53. The molecule has 8 atom stereocenters. The Labute approximate surface area is 183 Å². The highest BCUT2D eigenvalue weighted by Crippen LogP contribution is 2.66. The highest BCUT2D eigenvalue weighted by molar-refractivity contribution is 6.01. The maximum atomic E-state index is 12.5. The molecule has 6 heteroatoms. The number of aliphatic hydroxyl groups is 2. The fourth-order valence-corrected chi connectivity index (χ4v) is 7.53. The molecule has 6 nitrogen and oxygen atoms in total. The largest absolute Gasteiger partial charge is 0.458 e. The summed E-state index contributed by atoms with van der Waals surface area (Å²) in [5.41, 5.74) is -0.174. The normalized spacial score (nSPS) is 43.5. The number of fused-ring (bicyclic) bond motifs is 5. The molecule has 0 radical (unpaired) electrons. The van der Waals surface area contributed by atoms with E-state index in [1.54, 1.807) is 12.2 Å². The zero-order valence-corrected chi connectivity index (χ0v) is 18.7. The molecule has 0 aromatic carbocycles. The second-order valence-corrected chi connectivity index (χ2v) is 10.4. The summed E-state index contributed by atoms with van der Waals surface area (Å²) in [7, 11) is 0. The minimum atomic E-state index is -0.642. The molecule has 170 valence electrons. The van der Waals surface area contributed by atoms with Crippen LogP contribution in [0, 0.1) is 34.5 Å². The average Bonchev–Trinajstić information content (AvgIpc) is 3.05. The Balaban J connectivity index is 1.73. The van der Waals surface area contributed by atoms with Gasteiger partial charge in [-0.25, -0.2) is 0 Å². The van der Waals surface area contributed by atoms with Crippen LogP contribution in [0.1, 0.15) is 59.3 Å². The molecule has 3 fully saturated rings. The zero-order chi connectivity index (χ0) is 22.6. The van der Waals surface area contributed by atoms with Crippen molar-refractivity contribution in [3.05, 3.63) is 23.8 Å². The first kappa shape index (κ1) is 22.4. The van der Waals surface area contributed by atoms with E-state index in [4.69, 9.17) is 4.74 Å². The van der Waals surface area contributed by atoms with E-state index < -0.39 is 24.2 Å². The van der Waals surface area contributed by atoms with Crippen LogP contribution in [-0.4, -0.2) is 46.6 Å². The smallest absolute Gasteiger partial charge is 0.306 e. The predicted molar refractivity (Wildman–Crippen MR) is 114 cm³/mol. The third-order valence-electron chi connectivity index (χ3n) is 8.76. The molecule has 2 unspecified atom stereocenters. The molecule has 3 saturated carbocycles. The summed E-state index contributed by atoms with van der Waals surface area (Å²) >= 11 is 0. The topological polar surface area (TPSA) is 101 Å². The number of esters is 1. The summed E-state index contributed by atoms with van der Waals surface area (Å²) in [6.07, 6.45) is 7.54. The van der Waals surface area contributed by atoms with Crippen LogP contribution in [0.5, 0.6) is 0 Å². The number of aliphatic hydroxyl groups excluding tert-OH is 2. The van der Waals surface area contributed by atoms with Crippen molar-refractivity contribution >= 4 is 17.5 Å². The lowest BCUT2D eigenvalue weighted by molar-refractivity contribution is -0.162. The van der Waals surface area contributed by atoms with Crippen molar-refractivity contribution in [1.29, 1.82) is 0 Å². The van der Waals surface area contributed by atoms with Gasteiger partial charge in [0, 0.05) is 23.7 Å². The fraction of sp³-hybridized carbons (Fsp3) is 0.720. The average molecular weight is 431 g/mol. The van der Waals surface area contributed by atoms with Gasteiger partial charge in [0.2, 0.25) is 0 Å².